The van der Waals surface area contributed by atoms with Gasteiger partial charge in [-0.05, 0) is 41.2 Å². The second kappa shape index (κ2) is 3.01. The van der Waals surface area contributed by atoms with Crippen molar-refractivity contribution in [2.45, 2.75) is 30.1 Å². The summed E-state index contributed by atoms with van der Waals surface area (Å²) in [5.74, 6) is 0. The zero-order valence-corrected chi connectivity index (χ0v) is 9.89. The SMILES string of the molecule is c1ccc(C23CC(c4ccccc4)(C2)C3)cc1. The van der Waals surface area contributed by atoms with E-state index in [1.54, 1.807) is 11.1 Å². The first-order chi connectivity index (χ1) is 8.33. The molecule has 0 nitrogen and oxygen atoms in total. The molecule has 0 radical (unpaired) electrons. The minimum atomic E-state index is 0.525. The molecule has 0 heteroatoms. The van der Waals surface area contributed by atoms with Crippen molar-refractivity contribution in [1.29, 1.82) is 0 Å². The molecule has 2 aromatic rings. The molecule has 3 aliphatic carbocycles. The average Bonchev–Trinajstić information content (AvgIpc) is 2.28. The molecule has 0 unspecified atom stereocenters. The lowest BCUT2D eigenvalue weighted by Gasteiger charge is -2.71. The first-order valence-electron chi connectivity index (χ1n) is 6.44. The molecule has 0 amide bonds. The Morgan fingerprint density at radius 3 is 1.24 bits per heavy atom. The number of rotatable bonds is 2. The van der Waals surface area contributed by atoms with Gasteiger partial charge in [-0.25, -0.2) is 0 Å². The number of hydrogen-bond donors (Lipinski definition) is 0. The van der Waals surface area contributed by atoms with E-state index in [0.29, 0.717) is 10.8 Å². The van der Waals surface area contributed by atoms with Crippen LogP contribution >= 0.6 is 0 Å². The Hall–Kier alpha value is -1.56. The minimum absolute atomic E-state index is 0.525. The molecule has 3 fully saturated rings. The third-order valence-corrected chi connectivity index (χ3v) is 4.80. The largest absolute Gasteiger partial charge is 0.0622 e. The van der Waals surface area contributed by atoms with Crippen LogP contribution in [0.15, 0.2) is 60.7 Å². The molecule has 0 spiro atoms. The van der Waals surface area contributed by atoms with Crippen LogP contribution in [0.4, 0.5) is 0 Å². The third kappa shape index (κ3) is 1.13. The summed E-state index contributed by atoms with van der Waals surface area (Å²) in [7, 11) is 0. The summed E-state index contributed by atoms with van der Waals surface area (Å²) in [6, 6.07) is 22.1. The van der Waals surface area contributed by atoms with E-state index < -0.39 is 0 Å². The summed E-state index contributed by atoms with van der Waals surface area (Å²) < 4.78 is 0. The van der Waals surface area contributed by atoms with E-state index in [1.165, 1.54) is 19.3 Å². The lowest BCUT2D eigenvalue weighted by Crippen LogP contribution is -2.67. The number of benzene rings is 2. The van der Waals surface area contributed by atoms with Gasteiger partial charge in [0.05, 0.1) is 0 Å². The van der Waals surface area contributed by atoms with Gasteiger partial charge in [0.1, 0.15) is 0 Å². The smallest absolute Gasteiger partial charge is 0.00215 e. The quantitative estimate of drug-likeness (QED) is 0.716. The Morgan fingerprint density at radius 2 is 0.882 bits per heavy atom. The normalized spacial score (nSPS) is 33.6. The van der Waals surface area contributed by atoms with E-state index in [9.17, 15) is 0 Å². The van der Waals surface area contributed by atoms with Crippen molar-refractivity contribution in [1.82, 2.24) is 0 Å². The summed E-state index contributed by atoms with van der Waals surface area (Å²) in [4.78, 5) is 0. The van der Waals surface area contributed by atoms with Crippen LogP contribution in [0, 0.1) is 0 Å². The van der Waals surface area contributed by atoms with Crippen molar-refractivity contribution in [2.75, 3.05) is 0 Å². The molecule has 5 rings (SSSR count). The Kier molecular flexibility index (Phi) is 1.68. The summed E-state index contributed by atoms with van der Waals surface area (Å²) in [6.45, 7) is 0. The molecule has 0 saturated heterocycles. The van der Waals surface area contributed by atoms with Gasteiger partial charge in [0, 0.05) is 0 Å². The Balaban J connectivity index is 1.62. The molecule has 0 aliphatic heterocycles. The molecular formula is C17H16. The van der Waals surface area contributed by atoms with Gasteiger partial charge < -0.3 is 0 Å². The van der Waals surface area contributed by atoms with Gasteiger partial charge in [0.15, 0.2) is 0 Å². The molecule has 84 valence electrons. The van der Waals surface area contributed by atoms with E-state index in [1.807, 2.05) is 0 Å². The lowest BCUT2D eigenvalue weighted by atomic mass is 9.32. The van der Waals surface area contributed by atoms with Gasteiger partial charge in [-0.3, -0.25) is 0 Å². The highest BCUT2D eigenvalue weighted by molar-refractivity contribution is 5.48. The molecule has 17 heavy (non-hydrogen) atoms. The van der Waals surface area contributed by atoms with Crippen molar-refractivity contribution in [2.24, 2.45) is 0 Å². The summed E-state index contributed by atoms with van der Waals surface area (Å²) in [5, 5.41) is 0. The fourth-order valence-electron chi connectivity index (χ4n) is 3.98. The van der Waals surface area contributed by atoms with E-state index in [-0.39, 0.29) is 0 Å². The van der Waals surface area contributed by atoms with Crippen LogP contribution < -0.4 is 0 Å². The molecule has 2 bridgehead atoms. The molecule has 3 saturated carbocycles. The van der Waals surface area contributed by atoms with Crippen LogP contribution in [-0.2, 0) is 10.8 Å². The minimum Gasteiger partial charge on any atom is -0.0622 e. The van der Waals surface area contributed by atoms with Crippen LogP contribution in [0.3, 0.4) is 0 Å². The van der Waals surface area contributed by atoms with E-state index in [2.05, 4.69) is 60.7 Å². The van der Waals surface area contributed by atoms with E-state index >= 15 is 0 Å². The van der Waals surface area contributed by atoms with Crippen LogP contribution in [0.2, 0.25) is 0 Å². The fourth-order valence-corrected chi connectivity index (χ4v) is 3.98. The predicted molar refractivity (Wildman–Crippen MR) is 70.1 cm³/mol. The highest BCUT2D eigenvalue weighted by Crippen LogP contribution is 2.73. The van der Waals surface area contributed by atoms with E-state index in [4.69, 9.17) is 0 Å². The van der Waals surface area contributed by atoms with Crippen molar-refractivity contribution < 1.29 is 0 Å². The summed E-state index contributed by atoms with van der Waals surface area (Å²) >= 11 is 0. The van der Waals surface area contributed by atoms with Gasteiger partial charge in [0.2, 0.25) is 0 Å². The standard InChI is InChI=1S/C17H16/c1-3-7-14(8-4-1)16-11-17(12-16,13-16)15-9-5-2-6-10-15/h1-10H,11-13H2. The highest BCUT2D eigenvalue weighted by atomic mass is 14.7. The van der Waals surface area contributed by atoms with Gasteiger partial charge in [-0.1, -0.05) is 60.7 Å². The molecule has 0 atom stereocenters. The maximum absolute atomic E-state index is 2.30. The van der Waals surface area contributed by atoms with E-state index in [0.717, 1.165) is 0 Å². The summed E-state index contributed by atoms with van der Waals surface area (Å²) in [6.07, 6.45) is 4.07. The Morgan fingerprint density at radius 1 is 0.529 bits per heavy atom. The van der Waals surface area contributed by atoms with Crippen molar-refractivity contribution in [3.05, 3.63) is 71.8 Å². The fraction of sp³-hybridized carbons (Fsp3) is 0.294. The van der Waals surface area contributed by atoms with Gasteiger partial charge in [-0.2, -0.15) is 0 Å². The highest BCUT2D eigenvalue weighted by Gasteiger charge is 2.68. The van der Waals surface area contributed by atoms with Crippen molar-refractivity contribution in [3.63, 3.8) is 0 Å². The predicted octanol–water partition coefficient (Wildman–Crippen LogP) is 4.06. The molecule has 3 aliphatic rings. The average molecular weight is 220 g/mol. The lowest BCUT2D eigenvalue weighted by molar-refractivity contribution is -0.0693. The van der Waals surface area contributed by atoms with Gasteiger partial charge in [-0.15, -0.1) is 0 Å². The zero-order chi connectivity index (χ0) is 11.3. The van der Waals surface area contributed by atoms with Crippen molar-refractivity contribution in [3.8, 4) is 0 Å². The zero-order valence-electron chi connectivity index (χ0n) is 9.89. The van der Waals surface area contributed by atoms with Gasteiger partial charge >= 0.3 is 0 Å². The van der Waals surface area contributed by atoms with Crippen LogP contribution in [0.1, 0.15) is 30.4 Å². The van der Waals surface area contributed by atoms with Crippen LogP contribution in [0.5, 0.6) is 0 Å². The van der Waals surface area contributed by atoms with Crippen LogP contribution in [0.25, 0.3) is 0 Å². The third-order valence-electron chi connectivity index (χ3n) is 4.80. The van der Waals surface area contributed by atoms with Crippen molar-refractivity contribution >= 4 is 0 Å². The number of hydrogen-bond acceptors (Lipinski definition) is 0. The molecular weight excluding hydrogens is 204 g/mol. The molecule has 2 aromatic carbocycles. The van der Waals surface area contributed by atoms with Crippen LogP contribution in [-0.4, -0.2) is 0 Å². The molecule has 0 aromatic heterocycles. The topological polar surface area (TPSA) is 0 Å². The monoisotopic (exact) mass is 220 g/mol. The Bertz CT molecular complexity index is 469. The summed E-state index contributed by atoms with van der Waals surface area (Å²) in [5.41, 5.74) is 4.16. The van der Waals surface area contributed by atoms with Gasteiger partial charge in [0.25, 0.3) is 0 Å². The molecule has 0 heterocycles. The Labute approximate surface area is 102 Å². The first-order valence-corrected chi connectivity index (χ1v) is 6.44. The first kappa shape index (κ1) is 9.47. The second-order valence-corrected chi connectivity index (χ2v) is 5.82. The maximum Gasteiger partial charge on any atom is -0.00215 e. The maximum atomic E-state index is 2.30. The molecule has 0 N–H and O–H groups in total. The second-order valence-electron chi connectivity index (χ2n) is 5.82.